The maximum Gasteiger partial charge on any atom is 0.233 e. The lowest BCUT2D eigenvalue weighted by molar-refractivity contribution is -0.140. The van der Waals surface area contributed by atoms with E-state index in [2.05, 4.69) is 5.32 Å². The van der Waals surface area contributed by atoms with Crippen LogP contribution in [0.5, 0.6) is 11.5 Å². The molecule has 7 nitrogen and oxygen atoms in total. The number of methoxy groups -OCH3 is 2. The highest BCUT2D eigenvalue weighted by Crippen LogP contribution is 2.35. The van der Waals surface area contributed by atoms with Gasteiger partial charge in [-0.05, 0) is 25.0 Å². The molecule has 0 aromatic heterocycles. The first kappa shape index (κ1) is 18.0. The van der Waals surface area contributed by atoms with Gasteiger partial charge in [0.2, 0.25) is 17.7 Å². The lowest BCUT2D eigenvalue weighted by atomic mass is 9.85. The zero-order valence-corrected chi connectivity index (χ0v) is 14.9. The Labute approximate surface area is 151 Å². The molecule has 0 saturated carbocycles. The average Bonchev–Trinajstić information content (AvgIpc) is 2.91. The molecule has 1 aliphatic heterocycles. The Morgan fingerprint density at radius 3 is 2.35 bits per heavy atom. The summed E-state index contributed by atoms with van der Waals surface area (Å²) in [5.74, 6) is -0.0673. The number of allylic oxidation sites excluding steroid dienone is 2. The number of carbonyl (C=O) groups is 3. The summed E-state index contributed by atoms with van der Waals surface area (Å²) in [5.41, 5.74) is 0.509. The number of imide groups is 1. The van der Waals surface area contributed by atoms with Gasteiger partial charge in [0, 0.05) is 19.0 Å². The van der Waals surface area contributed by atoms with Gasteiger partial charge < -0.3 is 14.8 Å². The van der Waals surface area contributed by atoms with Crippen LogP contribution in [0.2, 0.25) is 0 Å². The molecule has 1 heterocycles. The minimum atomic E-state index is -0.290. The minimum absolute atomic E-state index is 0.0412. The van der Waals surface area contributed by atoms with E-state index in [1.54, 1.807) is 25.3 Å². The predicted octanol–water partition coefficient (Wildman–Crippen LogP) is 1.98. The van der Waals surface area contributed by atoms with E-state index in [1.807, 2.05) is 12.2 Å². The average molecular weight is 358 g/mol. The van der Waals surface area contributed by atoms with E-state index in [0.29, 0.717) is 30.0 Å². The van der Waals surface area contributed by atoms with Crippen LogP contribution in [0, 0.1) is 11.8 Å². The maximum absolute atomic E-state index is 12.4. The van der Waals surface area contributed by atoms with Crippen molar-refractivity contribution in [3.8, 4) is 11.5 Å². The van der Waals surface area contributed by atoms with Crippen molar-refractivity contribution in [3.05, 3.63) is 30.4 Å². The van der Waals surface area contributed by atoms with Crippen molar-refractivity contribution in [2.75, 3.05) is 26.1 Å². The quantitative estimate of drug-likeness (QED) is 0.621. The van der Waals surface area contributed by atoms with E-state index in [4.69, 9.17) is 9.47 Å². The summed E-state index contributed by atoms with van der Waals surface area (Å²) in [6, 6.07) is 5.06. The number of nitrogens with one attached hydrogen (secondary N) is 1. The van der Waals surface area contributed by atoms with Gasteiger partial charge >= 0.3 is 0 Å². The predicted molar refractivity (Wildman–Crippen MR) is 94.9 cm³/mol. The number of ether oxygens (including phenoxy) is 2. The molecule has 2 atom stereocenters. The molecule has 1 fully saturated rings. The summed E-state index contributed by atoms with van der Waals surface area (Å²) in [6.45, 7) is 0.0922. The van der Waals surface area contributed by atoms with E-state index in [0.717, 1.165) is 0 Å². The van der Waals surface area contributed by atoms with Crippen molar-refractivity contribution in [1.82, 2.24) is 4.90 Å². The largest absolute Gasteiger partial charge is 0.497 e. The number of anilines is 1. The molecule has 3 amide bonds. The maximum atomic E-state index is 12.4. The zero-order valence-electron chi connectivity index (χ0n) is 14.9. The van der Waals surface area contributed by atoms with Crippen molar-refractivity contribution >= 4 is 23.4 Å². The summed E-state index contributed by atoms with van der Waals surface area (Å²) < 4.78 is 10.4. The second-order valence-electron chi connectivity index (χ2n) is 6.35. The van der Waals surface area contributed by atoms with Crippen molar-refractivity contribution in [3.63, 3.8) is 0 Å². The SMILES string of the molecule is COc1ccc(NC(=O)CCN2C(=O)C3CC=CCC3C2=O)c(OC)c1. The molecule has 2 aliphatic rings. The van der Waals surface area contributed by atoms with Crippen LogP contribution in [0.25, 0.3) is 0 Å². The fourth-order valence-electron chi connectivity index (χ4n) is 3.42. The lowest BCUT2D eigenvalue weighted by Gasteiger charge is -2.15. The lowest BCUT2D eigenvalue weighted by Crippen LogP contribution is -2.34. The first-order chi connectivity index (χ1) is 12.5. The molecular weight excluding hydrogens is 336 g/mol. The highest BCUT2D eigenvalue weighted by molar-refractivity contribution is 6.06. The number of fused-ring (bicyclic) bond motifs is 1. The molecule has 1 aromatic rings. The molecule has 26 heavy (non-hydrogen) atoms. The van der Waals surface area contributed by atoms with E-state index in [9.17, 15) is 14.4 Å². The van der Waals surface area contributed by atoms with Crippen LogP contribution < -0.4 is 14.8 Å². The number of carbonyl (C=O) groups excluding carboxylic acids is 3. The van der Waals surface area contributed by atoms with Gasteiger partial charge in [0.15, 0.2) is 0 Å². The van der Waals surface area contributed by atoms with Gasteiger partial charge in [-0.3, -0.25) is 19.3 Å². The van der Waals surface area contributed by atoms with Gasteiger partial charge in [-0.25, -0.2) is 0 Å². The Morgan fingerprint density at radius 2 is 1.77 bits per heavy atom. The molecule has 0 radical (unpaired) electrons. The molecule has 1 N–H and O–H groups in total. The Morgan fingerprint density at radius 1 is 1.12 bits per heavy atom. The van der Waals surface area contributed by atoms with Crippen LogP contribution in [0.1, 0.15) is 19.3 Å². The molecule has 138 valence electrons. The van der Waals surface area contributed by atoms with Gasteiger partial charge in [-0.1, -0.05) is 12.2 Å². The Bertz CT molecular complexity index is 732. The van der Waals surface area contributed by atoms with Crippen LogP contribution in [0.4, 0.5) is 5.69 Å². The van der Waals surface area contributed by atoms with Gasteiger partial charge in [-0.2, -0.15) is 0 Å². The number of rotatable bonds is 6. The number of benzene rings is 1. The van der Waals surface area contributed by atoms with Crippen molar-refractivity contribution in [1.29, 1.82) is 0 Å². The minimum Gasteiger partial charge on any atom is -0.497 e. The Hall–Kier alpha value is -2.83. The molecule has 1 saturated heterocycles. The summed E-state index contributed by atoms with van der Waals surface area (Å²) >= 11 is 0. The molecule has 1 aromatic carbocycles. The van der Waals surface area contributed by atoms with E-state index >= 15 is 0 Å². The summed E-state index contributed by atoms with van der Waals surface area (Å²) in [4.78, 5) is 38.3. The number of likely N-dealkylation sites (tertiary alicyclic amines) is 1. The number of hydrogen-bond donors (Lipinski definition) is 1. The molecule has 0 bridgehead atoms. The van der Waals surface area contributed by atoms with Crippen LogP contribution in [-0.2, 0) is 14.4 Å². The molecule has 3 rings (SSSR count). The molecule has 7 heteroatoms. The number of nitrogens with zero attached hydrogens (tertiary/aromatic N) is 1. The fourth-order valence-corrected chi connectivity index (χ4v) is 3.42. The molecule has 0 spiro atoms. The highest BCUT2D eigenvalue weighted by Gasteiger charge is 2.46. The second-order valence-corrected chi connectivity index (χ2v) is 6.35. The Balaban J connectivity index is 1.60. The third-order valence-corrected chi connectivity index (χ3v) is 4.84. The van der Waals surface area contributed by atoms with E-state index < -0.39 is 0 Å². The van der Waals surface area contributed by atoms with Crippen molar-refractivity contribution < 1.29 is 23.9 Å². The normalized spacial score (nSPS) is 21.5. The first-order valence-corrected chi connectivity index (χ1v) is 8.57. The first-order valence-electron chi connectivity index (χ1n) is 8.57. The van der Waals surface area contributed by atoms with E-state index in [1.165, 1.54) is 12.0 Å². The van der Waals surface area contributed by atoms with Gasteiger partial charge in [0.05, 0.1) is 31.7 Å². The number of hydrogen-bond acceptors (Lipinski definition) is 5. The number of amides is 3. The van der Waals surface area contributed by atoms with Crippen molar-refractivity contribution in [2.45, 2.75) is 19.3 Å². The fraction of sp³-hybridized carbons (Fsp3) is 0.421. The summed E-state index contributed by atoms with van der Waals surface area (Å²) in [7, 11) is 3.05. The van der Waals surface area contributed by atoms with Gasteiger partial charge in [0.1, 0.15) is 11.5 Å². The van der Waals surface area contributed by atoms with Crippen LogP contribution in [0.15, 0.2) is 30.4 Å². The third-order valence-electron chi connectivity index (χ3n) is 4.84. The zero-order chi connectivity index (χ0) is 18.7. The summed E-state index contributed by atoms with van der Waals surface area (Å²) in [6.07, 6.45) is 5.12. The van der Waals surface area contributed by atoms with Crippen LogP contribution in [-0.4, -0.2) is 43.4 Å². The van der Waals surface area contributed by atoms with E-state index in [-0.39, 0.29) is 42.5 Å². The highest BCUT2D eigenvalue weighted by atomic mass is 16.5. The topological polar surface area (TPSA) is 84.9 Å². The summed E-state index contributed by atoms with van der Waals surface area (Å²) in [5, 5.41) is 2.75. The second kappa shape index (κ2) is 7.59. The standard InChI is InChI=1S/C19H22N2O5/c1-25-12-7-8-15(16(11-12)26-2)20-17(22)9-10-21-18(23)13-5-3-4-6-14(13)19(21)24/h3-4,7-8,11,13-14H,5-6,9-10H2,1-2H3,(H,20,22). The third kappa shape index (κ3) is 3.42. The van der Waals surface area contributed by atoms with Gasteiger partial charge in [0.25, 0.3) is 0 Å². The molecule has 1 aliphatic carbocycles. The molecular formula is C19H22N2O5. The van der Waals surface area contributed by atoms with Crippen LogP contribution >= 0.6 is 0 Å². The molecule has 2 unspecified atom stereocenters. The smallest absolute Gasteiger partial charge is 0.233 e. The Kier molecular flexibility index (Phi) is 5.25. The van der Waals surface area contributed by atoms with Crippen LogP contribution in [0.3, 0.4) is 0 Å². The van der Waals surface area contributed by atoms with Gasteiger partial charge in [-0.15, -0.1) is 0 Å². The monoisotopic (exact) mass is 358 g/mol. The van der Waals surface area contributed by atoms with Crippen molar-refractivity contribution in [2.24, 2.45) is 11.8 Å².